The smallest absolute Gasteiger partial charge is 0.123 e. The minimum absolute atomic E-state index is 0.239. The van der Waals surface area contributed by atoms with Crippen molar-refractivity contribution in [2.24, 2.45) is 5.73 Å². The van der Waals surface area contributed by atoms with Crippen molar-refractivity contribution in [3.8, 4) is 0 Å². The largest absolute Gasteiger partial charge is 0.398 e. The molecule has 0 aliphatic carbocycles. The normalized spacial score (nSPS) is 15.5. The van der Waals surface area contributed by atoms with Crippen LogP contribution in [0.2, 0.25) is 0 Å². The van der Waals surface area contributed by atoms with Crippen LogP contribution in [0.15, 0.2) is 42.2 Å². The van der Waals surface area contributed by atoms with Crippen LogP contribution in [0, 0.1) is 5.82 Å². The van der Waals surface area contributed by atoms with Crippen LogP contribution in [0.5, 0.6) is 0 Å². The predicted octanol–water partition coefficient (Wildman–Crippen LogP) is 1.61. The molecule has 0 aromatic heterocycles. The molecule has 14 heavy (non-hydrogen) atoms. The Morgan fingerprint density at radius 2 is 2.21 bits per heavy atom. The van der Waals surface area contributed by atoms with Crippen molar-refractivity contribution < 1.29 is 4.39 Å². The number of rotatable bonds is 1. The monoisotopic (exact) mass is 190 g/mol. The third kappa shape index (κ3) is 1.62. The lowest BCUT2D eigenvalue weighted by Crippen LogP contribution is -2.17. The highest BCUT2D eigenvalue weighted by Crippen LogP contribution is 2.19. The number of nitrogens with two attached hydrogens (primary N) is 1. The minimum atomic E-state index is -0.239. The van der Waals surface area contributed by atoms with E-state index in [0.717, 1.165) is 11.1 Å². The Labute approximate surface area is 81.9 Å². The Morgan fingerprint density at radius 1 is 1.36 bits per heavy atom. The SMILES string of the molecule is NC1=C(c2cccc(F)c2)CNC=C1. The first-order valence-corrected chi connectivity index (χ1v) is 4.42. The Morgan fingerprint density at radius 3 is 2.93 bits per heavy atom. The molecule has 1 aromatic carbocycles. The Kier molecular flexibility index (Phi) is 2.23. The lowest BCUT2D eigenvalue weighted by Gasteiger charge is -2.14. The summed E-state index contributed by atoms with van der Waals surface area (Å²) in [6.07, 6.45) is 3.57. The van der Waals surface area contributed by atoms with E-state index in [-0.39, 0.29) is 5.82 Å². The average Bonchev–Trinajstić information content (AvgIpc) is 2.18. The first-order valence-electron chi connectivity index (χ1n) is 4.42. The zero-order valence-corrected chi connectivity index (χ0v) is 7.63. The third-order valence-corrected chi connectivity index (χ3v) is 2.18. The van der Waals surface area contributed by atoms with Crippen molar-refractivity contribution in [2.75, 3.05) is 6.54 Å². The average molecular weight is 190 g/mol. The van der Waals surface area contributed by atoms with Gasteiger partial charge in [-0.15, -0.1) is 0 Å². The van der Waals surface area contributed by atoms with E-state index in [1.807, 2.05) is 6.07 Å². The van der Waals surface area contributed by atoms with E-state index >= 15 is 0 Å². The third-order valence-electron chi connectivity index (χ3n) is 2.18. The van der Waals surface area contributed by atoms with Gasteiger partial charge in [0.05, 0.1) is 0 Å². The van der Waals surface area contributed by atoms with Crippen LogP contribution < -0.4 is 11.1 Å². The number of dihydropyridines is 1. The summed E-state index contributed by atoms with van der Waals surface area (Å²) in [5, 5.41) is 3.04. The van der Waals surface area contributed by atoms with E-state index in [9.17, 15) is 4.39 Å². The fraction of sp³-hybridized carbons (Fsp3) is 0.0909. The van der Waals surface area contributed by atoms with Crippen LogP contribution in [-0.4, -0.2) is 6.54 Å². The molecule has 3 heteroatoms. The standard InChI is InChI=1S/C11H11FN2/c12-9-3-1-2-8(6-9)10-7-14-5-4-11(10)13/h1-6,14H,7,13H2. The molecule has 0 bridgehead atoms. The van der Waals surface area contributed by atoms with Crippen molar-refractivity contribution >= 4 is 5.57 Å². The summed E-state index contributed by atoms with van der Waals surface area (Å²) in [4.78, 5) is 0. The van der Waals surface area contributed by atoms with Crippen LogP contribution in [0.4, 0.5) is 4.39 Å². The fourth-order valence-electron chi connectivity index (χ4n) is 1.46. The number of hydrogen-bond acceptors (Lipinski definition) is 2. The molecule has 1 aliphatic rings. The molecule has 0 saturated carbocycles. The molecule has 72 valence electrons. The number of allylic oxidation sites excluding steroid dienone is 1. The van der Waals surface area contributed by atoms with Gasteiger partial charge in [-0.3, -0.25) is 0 Å². The molecule has 0 spiro atoms. The molecule has 2 nitrogen and oxygen atoms in total. The quantitative estimate of drug-likeness (QED) is 0.706. The Bertz CT molecular complexity index is 408. The summed E-state index contributed by atoms with van der Waals surface area (Å²) in [6, 6.07) is 6.45. The fourth-order valence-corrected chi connectivity index (χ4v) is 1.46. The van der Waals surface area contributed by atoms with Gasteiger partial charge in [-0.1, -0.05) is 12.1 Å². The van der Waals surface area contributed by atoms with Gasteiger partial charge < -0.3 is 11.1 Å². The summed E-state index contributed by atoms with van der Waals surface area (Å²) in [5.74, 6) is -0.239. The van der Waals surface area contributed by atoms with Crippen molar-refractivity contribution in [3.05, 3.63) is 53.6 Å². The van der Waals surface area contributed by atoms with Gasteiger partial charge in [-0.2, -0.15) is 0 Å². The molecule has 0 saturated heterocycles. The number of benzene rings is 1. The van der Waals surface area contributed by atoms with E-state index < -0.39 is 0 Å². The molecule has 0 atom stereocenters. The van der Waals surface area contributed by atoms with Crippen LogP contribution in [0.1, 0.15) is 5.56 Å². The zero-order valence-electron chi connectivity index (χ0n) is 7.63. The van der Waals surface area contributed by atoms with Gasteiger partial charge in [0.15, 0.2) is 0 Å². The first kappa shape index (κ1) is 8.81. The minimum Gasteiger partial charge on any atom is -0.398 e. The van der Waals surface area contributed by atoms with Gasteiger partial charge in [0.2, 0.25) is 0 Å². The number of halogens is 1. The second-order valence-corrected chi connectivity index (χ2v) is 3.16. The van der Waals surface area contributed by atoms with Crippen LogP contribution >= 0.6 is 0 Å². The first-order chi connectivity index (χ1) is 6.77. The van der Waals surface area contributed by atoms with E-state index in [2.05, 4.69) is 5.32 Å². The Hall–Kier alpha value is -1.77. The lowest BCUT2D eigenvalue weighted by molar-refractivity contribution is 0.627. The summed E-state index contributed by atoms with van der Waals surface area (Å²) in [7, 11) is 0. The summed E-state index contributed by atoms with van der Waals surface area (Å²) in [5.41, 5.74) is 8.25. The highest BCUT2D eigenvalue weighted by molar-refractivity contribution is 5.72. The van der Waals surface area contributed by atoms with Crippen LogP contribution in [0.3, 0.4) is 0 Å². The van der Waals surface area contributed by atoms with Crippen molar-refractivity contribution in [2.45, 2.75) is 0 Å². The van der Waals surface area contributed by atoms with E-state index in [0.29, 0.717) is 12.2 Å². The highest BCUT2D eigenvalue weighted by atomic mass is 19.1. The Balaban J connectivity index is 2.44. The number of hydrogen-bond donors (Lipinski definition) is 2. The van der Waals surface area contributed by atoms with Gasteiger partial charge in [0.1, 0.15) is 5.82 Å². The van der Waals surface area contributed by atoms with Crippen LogP contribution in [0.25, 0.3) is 5.57 Å². The zero-order chi connectivity index (χ0) is 9.97. The van der Waals surface area contributed by atoms with Crippen molar-refractivity contribution in [1.82, 2.24) is 5.32 Å². The summed E-state index contributed by atoms with van der Waals surface area (Å²) in [6.45, 7) is 0.645. The highest BCUT2D eigenvalue weighted by Gasteiger charge is 2.08. The van der Waals surface area contributed by atoms with Gasteiger partial charge in [0.25, 0.3) is 0 Å². The van der Waals surface area contributed by atoms with Crippen molar-refractivity contribution in [3.63, 3.8) is 0 Å². The molecular weight excluding hydrogens is 179 g/mol. The molecule has 1 aliphatic heterocycles. The molecule has 1 heterocycles. The molecule has 1 aromatic rings. The van der Waals surface area contributed by atoms with E-state index in [1.165, 1.54) is 12.1 Å². The van der Waals surface area contributed by atoms with Gasteiger partial charge in [0, 0.05) is 17.8 Å². The molecule has 0 fully saturated rings. The summed E-state index contributed by atoms with van der Waals surface area (Å²) >= 11 is 0. The maximum absolute atomic E-state index is 12.9. The molecule has 3 N–H and O–H groups in total. The van der Waals surface area contributed by atoms with Gasteiger partial charge in [-0.05, 0) is 30.0 Å². The predicted molar refractivity (Wildman–Crippen MR) is 54.7 cm³/mol. The maximum atomic E-state index is 12.9. The molecule has 0 radical (unpaired) electrons. The molecule has 0 amide bonds. The second kappa shape index (κ2) is 3.54. The lowest BCUT2D eigenvalue weighted by atomic mass is 10.0. The van der Waals surface area contributed by atoms with Crippen molar-refractivity contribution in [1.29, 1.82) is 0 Å². The van der Waals surface area contributed by atoms with Gasteiger partial charge in [-0.25, -0.2) is 4.39 Å². The second-order valence-electron chi connectivity index (χ2n) is 3.16. The molecular formula is C11H11FN2. The van der Waals surface area contributed by atoms with Gasteiger partial charge >= 0.3 is 0 Å². The maximum Gasteiger partial charge on any atom is 0.123 e. The van der Waals surface area contributed by atoms with Crippen LogP contribution in [-0.2, 0) is 0 Å². The van der Waals surface area contributed by atoms with E-state index in [1.54, 1.807) is 18.3 Å². The number of nitrogens with one attached hydrogen (secondary N) is 1. The molecule has 2 rings (SSSR count). The summed E-state index contributed by atoms with van der Waals surface area (Å²) < 4.78 is 12.9. The topological polar surface area (TPSA) is 38.0 Å². The van der Waals surface area contributed by atoms with E-state index in [4.69, 9.17) is 5.73 Å². The molecule has 0 unspecified atom stereocenters.